The van der Waals surface area contributed by atoms with Crippen molar-refractivity contribution in [3.8, 4) is 6.07 Å². The molecule has 3 rings (SSSR count). The fourth-order valence-electron chi connectivity index (χ4n) is 3.19. The minimum absolute atomic E-state index is 0.143. The number of anilines is 1. The van der Waals surface area contributed by atoms with Crippen molar-refractivity contribution in [2.24, 2.45) is 0 Å². The van der Waals surface area contributed by atoms with Crippen molar-refractivity contribution in [3.05, 3.63) is 59.7 Å². The van der Waals surface area contributed by atoms with Crippen LogP contribution in [-0.2, 0) is 21.2 Å². The van der Waals surface area contributed by atoms with Gasteiger partial charge in [0.15, 0.2) is 0 Å². The third kappa shape index (κ3) is 4.97. The van der Waals surface area contributed by atoms with Gasteiger partial charge in [-0.3, -0.25) is 4.79 Å². The number of rotatable bonds is 6. The van der Waals surface area contributed by atoms with Crippen LogP contribution in [0.25, 0.3) is 0 Å². The van der Waals surface area contributed by atoms with E-state index in [1.165, 1.54) is 4.31 Å². The summed E-state index contributed by atoms with van der Waals surface area (Å²) in [7, 11) is -3.46. The smallest absolute Gasteiger partial charge is 0.243 e. The highest BCUT2D eigenvalue weighted by atomic mass is 32.2. The quantitative estimate of drug-likeness (QED) is 0.810. The molecule has 1 aliphatic rings. The average molecular weight is 398 g/mol. The van der Waals surface area contributed by atoms with E-state index in [0.717, 1.165) is 24.8 Å². The second kappa shape index (κ2) is 9.00. The number of hydrogen-bond donors (Lipinski definition) is 1. The van der Waals surface area contributed by atoms with Gasteiger partial charge in [0.2, 0.25) is 15.9 Å². The first-order valence-corrected chi connectivity index (χ1v) is 10.8. The summed E-state index contributed by atoms with van der Waals surface area (Å²) in [6.45, 7) is 1.13. The maximum absolute atomic E-state index is 12.6. The summed E-state index contributed by atoms with van der Waals surface area (Å²) in [6, 6.07) is 15.5. The van der Waals surface area contributed by atoms with Gasteiger partial charge in [-0.25, -0.2) is 8.42 Å². The molecule has 6 nitrogen and oxygen atoms in total. The van der Waals surface area contributed by atoms with Gasteiger partial charge in [-0.05, 0) is 61.2 Å². The molecule has 146 valence electrons. The van der Waals surface area contributed by atoms with Gasteiger partial charge >= 0.3 is 0 Å². The summed E-state index contributed by atoms with van der Waals surface area (Å²) in [6.07, 6.45) is 3.73. The van der Waals surface area contributed by atoms with E-state index in [1.807, 2.05) is 12.1 Å². The van der Waals surface area contributed by atoms with Crippen molar-refractivity contribution in [3.63, 3.8) is 0 Å². The van der Waals surface area contributed by atoms with Crippen LogP contribution < -0.4 is 5.32 Å². The Morgan fingerprint density at radius 2 is 1.64 bits per heavy atom. The molecule has 0 atom stereocenters. The van der Waals surface area contributed by atoms with Crippen LogP contribution in [0.5, 0.6) is 0 Å². The van der Waals surface area contributed by atoms with Crippen LogP contribution >= 0.6 is 0 Å². The Morgan fingerprint density at radius 3 is 2.25 bits per heavy atom. The molecule has 0 spiro atoms. The maximum Gasteiger partial charge on any atom is 0.243 e. The molecule has 1 fully saturated rings. The number of carbonyl (C=O) groups is 1. The maximum atomic E-state index is 12.6. The predicted octanol–water partition coefficient (Wildman–Crippen LogP) is 3.30. The van der Waals surface area contributed by atoms with Crippen LogP contribution in [0.2, 0.25) is 0 Å². The first-order valence-electron chi connectivity index (χ1n) is 9.38. The lowest BCUT2D eigenvalue weighted by Gasteiger charge is -2.25. The lowest BCUT2D eigenvalue weighted by atomic mass is 10.1. The minimum atomic E-state index is -3.46. The number of nitriles is 1. The van der Waals surface area contributed by atoms with Crippen LogP contribution in [0.3, 0.4) is 0 Å². The molecule has 1 N–H and O–H groups in total. The fraction of sp³-hybridized carbons (Fsp3) is 0.333. The summed E-state index contributed by atoms with van der Waals surface area (Å²) in [5.74, 6) is -0.143. The Morgan fingerprint density at radius 1 is 1.00 bits per heavy atom. The number of benzene rings is 2. The van der Waals surface area contributed by atoms with Gasteiger partial charge in [-0.2, -0.15) is 9.57 Å². The van der Waals surface area contributed by atoms with Crippen LogP contribution in [-0.4, -0.2) is 31.7 Å². The van der Waals surface area contributed by atoms with Crippen molar-refractivity contribution >= 4 is 21.6 Å². The molecule has 0 aromatic heterocycles. The van der Waals surface area contributed by atoms with Gasteiger partial charge in [-0.1, -0.05) is 18.6 Å². The van der Waals surface area contributed by atoms with E-state index in [4.69, 9.17) is 5.26 Å². The average Bonchev–Trinajstić information content (AvgIpc) is 2.73. The van der Waals surface area contributed by atoms with E-state index < -0.39 is 10.0 Å². The SMILES string of the molecule is N#Cc1ccc(CCC(=O)Nc2ccc(S(=O)(=O)N3CCCCC3)cc2)cc1. The molecule has 1 aliphatic heterocycles. The number of nitrogens with zero attached hydrogens (tertiary/aromatic N) is 2. The molecular formula is C21H23N3O3S. The van der Waals surface area contributed by atoms with Crippen LogP contribution in [0, 0.1) is 11.3 Å². The van der Waals surface area contributed by atoms with Gasteiger partial charge < -0.3 is 5.32 Å². The lowest BCUT2D eigenvalue weighted by Crippen LogP contribution is -2.35. The molecule has 0 unspecified atom stereocenters. The molecule has 28 heavy (non-hydrogen) atoms. The summed E-state index contributed by atoms with van der Waals surface area (Å²) >= 11 is 0. The van der Waals surface area contributed by atoms with Crippen molar-refractivity contribution in [1.82, 2.24) is 4.31 Å². The number of sulfonamides is 1. The van der Waals surface area contributed by atoms with E-state index in [1.54, 1.807) is 36.4 Å². The number of piperidine rings is 1. The molecule has 0 aliphatic carbocycles. The Hall–Kier alpha value is -2.69. The van der Waals surface area contributed by atoms with E-state index >= 15 is 0 Å². The second-order valence-corrected chi connectivity index (χ2v) is 8.78. The highest BCUT2D eigenvalue weighted by Crippen LogP contribution is 2.22. The van der Waals surface area contributed by atoms with E-state index in [2.05, 4.69) is 11.4 Å². The van der Waals surface area contributed by atoms with Gasteiger partial charge in [0.05, 0.1) is 16.5 Å². The van der Waals surface area contributed by atoms with Crippen molar-refractivity contribution in [1.29, 1.82) is 5.26 Å². The summed E-state index contributed by atoms with van der Waals surface area (Å²) in [5.41, 5.74) is 2.15. The Labute approximate surface area is 165 Å². The highest BCUT2D eigenvalue weighted by molar-refractivity contribution is 7.89. The zero-order valence-electron chi connectivity index (χ0n) is 15.6. The van der Waals surface area contributed by atoms with E-state index in [0.29, 0.717) is 37.2 Å². The molecule has 1 heterocycles. The van der Waals surface area contributed by atoms with Crippen molar-refractivity contribution in [2.45, 2.75) is 37.0 Å². The normalized spacial score (nSPS) is 15.0. The zero-order chi connectivity index (χ0) is 20.0. The minimum Gasteiger partial charge on any atom is -0.326 e. The first kappa shape index (κ1) is 20.1. The van der Waals surface area contributed by atoms with Gasteiger partial charge in [0.1, 0.15) is 0 Å². The van der Waals surface area contributed by atoms with E-state index in [9.17, 15) is 13.2 Å². The molecule has 2 aromatic rings. The topological polar surface area (TPSA) is 90.3 Å². The lowest BCUT2D eigenvalue weighted by molar-refractivity contribution is -0.116. The van der Waals surface area contributed by atoms with Gasteiger partial charge in [0.25, 0.3) is 0 Å². The third-order valence-corrected chi connectivity index (χ3v) is 6.73. The van der Waals surface area contributed by atoms with Crippen LogP contribution in [0.4, 0.5) is 5.69 Å². The zero-order valence-corrected chi connectivity index (χ0v) is 16.4. The Bertz CT molecular complexity index is 955. The number of aryl methyl sites for hydroxylation is 1. The molecule has 1 saturated heterocycles. The molecule has 0 bridgehead atoms. The molecule has 7 heteroatoms. The standard InChI is InChI=1S/C21H23N3O3S/c22-16-18-6-4-17(5-7-18)8-13-21(25)23-19-9-11-20(12-10-19)28(26,27)24-14-2-1-3-15-24/h4-7,9-12H,1-3,8,13-15H2,(H,23,25). The summed E-state index contributed by atoms with van der Waals surface area (Å²) in [5, 5.41) is 11.6. The Kier molecular flexibility index (Phi) is 6.45. The van der Waals surface area contributed by atoms with Crippen molar-refractivity contribution < 1.29 is 13.2 Å². The second-order valence-electron chi connectivity index (χ2n) is 6.85. The molecule has 1 amide bonds. The highest BCUT2D eigenvalue weighted by Gasteiger charge is 2.25. The molecule has 0 radical (unpaired) electrons. The van der Waals surface area contributed by atoms with E-state index in [-0.39, 0.29) is 10.8 Å². The molecule has 2 aromatic carbocycles. The van der Waals surface area contributed by atoms with Gasteiger partial charge in [-0.15, -0.1) is 0 Å². The predicted molar refractivity (Wildman–Crippen MR) is 107 cm³/mol. The number of hydrogen-bond acceptors (Lipinski definition) is 4. The van der Waals surface area contributed by atoms with Crippen LogP contribution in [0.15, 0.2) is 53.4 Å². The molecule has 0 saturated carbocycles. The number of nitrogens with one attached hydrogen (secondary N) is 1. The first-order chi connectivity index (χ1) is 13.5. The fourth-order valence-corrected chi connectivity index (χ4v) is 4.71. The monoisotopic (exact) mass is 397 g/mol. The number of amides is 1. The van der Waals surface area contributed by atoms with Gasteiger partial charge in [0, 0.05) is 25.2 Å². The Balaban J connectivity index is 1.56. The number of carbonyl (C=O) groups excluding carboxylic acids is 1. The summed E-state index contributed by atoms with van der Waals surface area (Å²) < 4.78 is 26.8. The molecular weight excluding hydrogens is 374 g/mol. The van der Waals surface area contributed by atoms with Crippen LogP contribution in [0.1, 0.15) is 36.8 Å². The summed E-state index contributed by atoms with van der Waals surface area (Å²) in [4.78, 5) is 12.4. The van der Waals surface area contributed by atoms with Crippen molar-refractivity contribution in [2.75, 3.05) is 18.4 Å². The largest absolute Gasteiger partial charge is 0.326 e. The third-order valence-electron chi connectivity index (χ3n) is 4.81.